The number of pyridine rings is 2. The first-order valence-corrected chi connectivity index (χ1v) is 8.56. The number of aromatic amines is 1. The van der Waals surface area contributed by atoms with E-state index >= 15 is 0 Å². The van der Waals surface area contributed by atoms with Crippen LogP contribution in [0.1, 0.15) is 56.3 Å². The van der Waals surface area contributed by atoms with Crippen molar-refractivity contribution in [1.82, 2.24) is 15.3 Å². The topological polar surface area (TPSA) is 74.8 Å². The summed E-state index contributed by atoms with van der Waals surface area (Å²) in [5.74, 6) is -0.319. The van der Waals surface area contributed by atoms with E-state index in [0.717, 1.165) is 18.4 Å². The van der Waals surface area contributed by atoms with Gasteiger partial charge in [-0.15, -0.1) is 0 Å². The molecular formula is C19H25N3O2. The molecule has 1 amide bonds. The first-order valence-electron chi connectivity index (χ1n) is 8.56. The zero-order valence-electron chi connectivity index (χ0n) is 14.3. The molecule has 0 radical (unpaired) electrons. The fraction of sp³-hybridized carbons (Fsp3) is 0.421. The first kappa shape index (κ1) is 17.9. The van der Waals surface area contributed by atoms with Gasteiger partial charge < -0.3 is 10.3 Å². The molecule has 2 N–H and O–H groups in total. The van der Waals surface area contributed by atoms with Crippen LogP contribution >= 0.6 is 0 Å². The van der Waals surface area contributed by atoms with Crippen LogP contribution in [-0.2, 0) is 0 Å². The van der Waals surface area contributed by atoms with Gasteiger partial charge in [-0.1, -0.05) is 32.6 Å². The Hall–Kier alpha value is -2.43. The van der Waals surface area contributed by atoms with Gasteiger partial charge in [0.1, 0.15) is 5.56 Å². The van der Waals surface area contributed by atoms with E-state index in [1.807, 2.05) is 19.1 Å². The highest BCUT2D eigenvalue weighted by atomic mass is 16.2. The molecule has 0 fully saturated rings. The molecule has 2 aromatic heterocycles. The average Bonchev–Trinajstić information content (AvgIpc) is 2.59. The van der Waals surface area contributed by atoms with Gasteiger partial charge in [-0.25, -0.2) is 0 Å². The predicted octanol–water partition coefficient (Wildman–Crippen LogP) is 3.53. The van der Waals surface area contributed by atoms with Crippen LogP contribution in [0.4, 0.5) is 0 Å². The van der Waals surface area contributed by atoms with Crippen LogP contribution in [0.25, 0.3) is 11.3 Å². The van der Waals surface area contributed by atoms with Crippen LogP contribution in [0, 0.1) is 0 Å². The molecule has 0 aliphatic heterocycles. The van der Waals surface area contributed by atoms with Crippen molar-refractivity contribution in [3.8, 4) is 11.3 Å². The van der Waals surface area contributed by atoms with Crippen molar-refractivity contribution in [3.63, 3.8) is 0 Å². The van der Waals surface area contributed by atoms with E-state index in [2.05, 4.69) is 22.2 Å². The molecular weight excluding hydrogens is 302 g/mol. The number of hydrogen-bond acceptors (Lipinski definition) is 3. The Morgan fingerprint density at radius 1 is 1.17 bits per heavy atom. The zero-order chi connectivity index (χ0) is 17.4. The van der Waals surface area contributed by atoms with E-state index in [0.29, 0.717) is 5.69 Å². The SMILES string of the molecule is CCCCCC[C@@H](C)NC(=O)c1ccc(-c2ccncc2)[nH]c1=O. The predicted molar refractivity (Wildman–Crippen MR) is 96.0 cm³/mol. The third-order valence-corrected chi connectivity index (χ3v) is 4.01. The lowest BCUT2D eigenvalue weighted by atomic mass is 10.1. The van der Waals surface area contributed by atoms with Crippen molar-refractivity contribution in [3.05, 3.63) is 52.6 Å². The van der Waals surface area contributed by atoms with Crippen LogP contribution in [-0.4, -0.2) is 21.9 Å². The Labute approximate surface area is 142 Å². The molecule has 2 heterocycles. The Morgan fingerprint density at radius 3 is 2.58 bits per heavy atom. The molecule has 24 heavy (non-hydrogen) atoms. The van der Waals surface area contributed by atoms with Gasteiger partial charge in [0.2, 0.25) is 0 Å². The maximum Gasteiger partial charge on any atom is 0.261 e. The fourth-order valence-corrected chi connectivity index (χ4v) is 2.60. The summed E-state index contributed by atoms with van der Waals surface area (Å²) in [6, 6.07) is 7.01. The number of amides is 1. The van der Waals surface area contributed by atoms with E-state index in [1.54, 1.807) is 24.5 Å². The minimum absolute atomic E-state index is 0.0635. The maximum atomic E-state index is 12.3. The number of carbonyl (C=O) groups is 1. The molecule has 0 saturated carbocycles. The highest BCUT2D eigenvalue weighted by Gasteiger charge is 2.13. The number of unbranched alkanes of at least 4 members (excludes halogenated alkanes) is 3. The lowest BCUT2D eigenvalue weighted by Crippen LogP contribution is -2.35. The van der Waals surface area contributed by atoms with Crippen LogP contribution in [0.5, 0.6) is 0 Å². The van der Waals surface area contributed by atoms with E-state index < -0.39 is 0 Å². The van der Waals surface area contributed by atoms with Gasteiger partial charge in [-0.3, -0.25) is 14.6 Å². The highest BCUT2D eigenvalue weighted by molar-refractivity contribution is 5.94. The quantitative estimate of drug-likeness (QED) is 0.728. The van der Waals surface area contributed by atoms with Gasteiger partial charge in [0.25, 0.3) is 11.5 Å². The van der Waals surface area contributed by atoms with Crippen molar-refractivity contribution in [2.45, 2.75) is 52.0 Å². The summed E-state index contributed by atoms with van der Waals surface area (Å²) in [7, 11) is 0. The van der Waals surface area contributed by atoms with Gasteiger partial charge in [0.15, 0.2) is 0 Å². The molecule has 0 spiro atoms. The minimum Gasteiger partial charge on any atom is -0.349 e. The molecule has 0 bridgehead atoms. The van der Waals surface area contributed by atoms with Crippen LogP contribution in [0.3, 0.4) is 0 Å². The molecule has 0 unspecified atom stereocenters. The summed E-state index contributed by atoms with van der Waals surface area (Å²) in [4.78, 5) is 31.2. The minimum atomic E-state index is -0.375. The average molecular weight is 327 g/mol. The number of nitrogens with one attached hydrogen (secondary N) is 2. The molecule has 1 atom stereocenters. The lowest BCUT2D eigenvalue weighted by Gasteiger charge is -2.13. The second-order valence-electron chi connectivity index (χ2n) is 6.07. The van der Waals surface area contributed by atoms with E-state index in [1.165, 1.54) is 19.3 Å². The Kier molecular flexibility index (Phi) is 6.73. The molecule has 2 rings (SSSR count). The molecule has 5 heteroatoms. The van der Waals surface area contributed by atoms with E-state index in [4.69, 9.17) is 0 Å². The number of H-pyrrole nitrogens is 1. The summed E-state index contributed by atoms with van der Waals surface area (Å²) < 4.78 is 0. The molecule has 2 aromatic rings. The second-order valence-corrected chi connectivity index (χ2v) is 6.07. The monoisotopic (exact) mass is 327 g/mol. The summed E-state index contributed by atoms with van der Waals surface area (Å²) in [5.41, 5.74) is 1.30. The highest BCUT2D eigenvalue weighted by Crippen LogP contribution is 2.14. The summed E-state index contributed by atoms with van der Waals surface area (Å²) in [6.45, 7) is 4.15. The third kappa shape index (κ3) is 5.05. The molecule has 0 aliphatic carbocycles. The smallest absolute Gasteiger partial charge is 0.261 e. The normalized spacial score (nSPS) is 11.9. The van der Waals surface area contributed by atoms with Gasteiger partial charge in [0.05, 0.1) is 0 Å². The molecule has 0 aromatic carbocycles. The number of nitrogens with zero attached hydrogens (tertiary/aromatic N) is 1. The Bertz CT molecular complexity index is 710. The Morgan fingerprint density at radius 2 is 1.92 bits per heavy atom. The van der Waals surface area contributed by atoms with Crippen LogP contribution in [0.2, 0.25) is 0 Å². The number of rotatable bonds is 8. The molecule has 0 aliphatic rings. The Balaban J connectivity index is 1.99. The van der Waals surface area contributed by atoms with E-state index in [9.17, 15) is 9.59 Å². The van der Waals surface area contributed by atoms with Gasteiger partial charge in [-0.2, -0.15) is 0 Å². The largest absolute Gasteiger partial charge is 0.349 e. The molecule has 5 nitrogen and oxygen atoms in total. The summed E-state index contributed by atoms with van der Waals surface area (Å²) in [6.07, 6.45) is 8.93. The summed E-state index contributed by atoms with van der Waals surface area (Å²) >= 11 is 0. The van der Waals surface area contributed by atoms with Gasteiger partial charge in [0, 0.05) is 29.7 Å². The van der Waals surface area contributed by atoms with E-state index in [-0.39, 0.29) is 23.1 Å². The first-order chi connectivity index (χ1) is 11.6. The number of aromatic nitrogens is 2. The summed E-state index contributed by atoms with van der Waals surface area (Å²) in [5, 5.41) is 2.90. The van der Waals surface area contributed by atoms with Crippen molar-refractivity contribution in [2.24, 2.45) is 0 Å². The maximum absolute atomic E-state index is 12.3. The van der Waals surface area contributed by atoms with Crippen LogP contribution < -0.4 is 10.9 Å². The van der Waals surface area contributed by atoms with Crippen molar-refractivity contribution in [1.29, 1.82) is 0 Å². The van der Waals surface area contributed by atoms with Crippen molar-refractivity contribution in [2.75, 3.05) is 0 Å². The van der Waals surface area contributed by atoms with Gasteiger partial charge in [-0.05, 0) is 37.6 Å². The van der Waals surface area contributed by atoms with Crippen molar-refractivity contribution < 1.29 is 4.79 Å². The third-order valence-electron chi connectivity index (χ3n) is 4.01. The number of carbonyl (C=O) groups excluding carboxylic acids is 1. The van der Waals surface area contributed by atoms with Crippen molar-refractivity contribution >= 4 is 5.91 Å². The number of hydrogen-bond donors (Lipinski definition) is 2. The van der Waals surface area contributed by atoms with Gasteiger partial charge >= 0.3 is 0 Å². The lowest BCUT2D eigenvalue weighted by molar-refractivity contribution is 0.0936. The molecule has 0 saturated heterocycles. The second kappa shape index (κ2) is 9.01. The van der Waals surface area contributed by atoms with Crippen LogP contribution in [0.15, 0.2) is 41.5 Å². The zero-order valence-corrected chi connectivity index (χ0v) is 14.3. The molecule has 128 valence electrons. The fourth-order valence-electron chi connectivity index (χ4n) is 2.60. The standard InChI is InChI=1S/C19H25N3O2/c1-3-4-5-6-7-14(2)21-18(23)16-8-9-17(22-19(16)24)15-10-12-20-13-11-15/h8-14H,3-7H2,1-2H3,(H,21,23)(H,22,24)/t14-/m1/s1.